The lowest BCUT2D eigenvalue weighted by atomic mass is 9.73. The maximum absolute atomic E-state index is 12.9. The lowest BCUT2D eigenvalue weighted by molar-refractivity contribution is -0.160. The fourth-order valence-corrected chi connectivity index (χ4v) is 6.43. The lowest BCUT2D eigenvalue weighted by Crippen LogP contribution is -2.62. The zero-order chi connectivity index (χ0) is 22.0. The van der Waals surface area contributed by atoms with Gasteiger partial charge in [-0.1, -0.05) is 13.8 Å². The lowest BCUT2D eigenvalue weighted by Gasteiger charge is -2.47. The molecular formula is C20H30N4O5S. The molecule has 3 rings (SSSR count). The minimum atomic E-state index is -1.09. The summed E-state index contributed by atoms with van der Waals surface area (Å²) in [7, 11) is 0. The molecule has 0 aromatic carbocycles. The van der Waals surface area contributed by atoms with Gasteiger partial charge in [-0.3, -0.25) is 14.4 Å². The van der Waals surface area contributed by atoms with Crippen LogP contribution in [0.2, 0.25) is 0 Å². The van der Waals surface area contributed by atoms with Gasteiger partial charge in [0.2, 0.25) is 12.3 Å². The molecule has 0 aromatic heterocycles. The van der Waals surface area contributed by atoms with Gasteiger partial charge < -0.3 is 26.4 Å². The molecule has 2 unspecified atom stereocenters. The van der Waals surface area contributed by atoms with E-state index in [4.69, 9.17) is 5.73 Å². The molecule has 2 fully saturated rings. The summed E-state index contributed by atoms with van der Waals surface area (Å²) >= 11 is 1.52. The number of amides is 2. The van der Waals surface area contributed by atoms with Gasteiger partial charge in [0.05, 0.1) is 12.0 Å². The Hall–Kier alpha value is -1.91. The van der Waals surface area contributed by atoms with Gasteiger partial charge in [-0.15, -0.1) is 11.8 Å². The first-order valence-electron chi connectivity index (χ1n) is 10.4. The van der Waals surface area contributed by atoms with E-state index in [1.807, 2.05) is 13.8 Å². The summed E-state index contributed by atoms with van der Waals surface area (Å²) < 4.78 is 0. The van der Waals surface area contributed by atoms with E-state index in [2.05, 4.69) is 10.6 Å². The molecule has 166 valence electrons. The molecule has 9 nitrogen and oxygen atoms in total. The number of carboxylic acids is 1. The van der Waals surface area contributed by atoms with Gasteiger partial charge in [-0.25, -0.2) is 4.79 Å². The van der Waals surface area contributed by atoms with Crippen LogP contribution in [0, 0.1) is 17.8 Å². The second-order valence-corrected chi connectivity index (χ2v) is 9.74. The third kappa shape index (κ3) is 4.26. The molecule has 0 aromatic rings. The maximum atomic E-state index is 12.9. The van der Waals surface area contributed by atoms with Crippen LogP contribution in [0.3, 0.4) is 0 Å². The minimum absolute atomic E-state index is 0.0370. The number of hydrogen-bond acceptors (Lipinski definition) is 7. The first-order valence-corrected chi connectivity index (χ1v) is 11.3. The molecule has 0 aliphatic carbocycles. The molecule has 3 aliphatic heterocycles. The zero-order valence-electron chi connectivity index (χ0n) is 17.3. The molecule has 3 aliphatic rings. The monoisotopic (exact) mass is 438 g/mol. The third-order valence-electron chi connectivity index (χ3n) is 6.30. The number of Topliss-reactive ketones (excluding diaryl/α,β-unsaturated/α-hetero) is 1. The highest BCUT2D eigenvalue weighted by Crippen LogP contribution is 2.53. The van der Waals surface area contributed by atoms with E-state index >= 15 is 0 Å². The van der Waals surface area contributed by atoms with Crippen LogP contribution >= 0.6 is 11.8 Å². The third-order valence-corrected chi connectivity index (χ3v) is 7.81. The summed E-state index contributed by atoms with van der Waals surface area (Å²) in [6, 6.07) is -0.0630. The van der Waals surface area contributed by atoms with Crippen molar-refractivity contribution in [3.63, 3.8) is 0 Å². The number of ketones is 1. The number of carbonyl (C=O) groups excluding carboxylic acids is 3. The second kappa shape index (κ2) is 9.49. The normalized spacial score (nSPS) is 31.4. The highest BCUT2D eigenvalue weighted by Gasteiger charge is 2.60. The number of nitrogens with zero attached hydrogens (tertiary/aromatic N) is 1. The maximum Gasteiger partial charge on any atom is 0.353 e. The quantitative estimate of drug-likeness (QED) is 0.259. The van der Waals surface area contributed by atoms with E-state index in [0.29, 0.717) is 32.5 Å². The number of nitrogens with one attached hydrogen (secondary N) is 2. The van der Waals surface area contributed by atoms with Crippen molar-refractivity contribution < 1.29 is 24.3 Å². The van der Waals surface area contributed by atoms with Crippen molar-refractivity contribution >= 4 is 35.8 Å². The van der Waals surface area contributed by atoms with Gasteiger partial charge in [-0.05, 0) is 18.9 Å². The van der Waals surface area contributed by atoms with Crippen LogP contribution in [0.25, 0.3) is 0 Å². The molecule has 3 heterocycles. The highest BCUT2D eigenvalue weighted by atomic mass is 32.2. The topological polar surface area (TPSA) is 142 Å². The number of nitrogens with two attached hydrogens (primary N) is 1. The average molecular weight is 439 g/mol. The van der Waals surface area contributed by atoms with Crippen molar-refractivity contribution in [3.05, 3.63) is 10.6 Å². The zero-order valence-corrected chi connectivity index (χ0v) is 18.1. The molecule has 30 heavy (non-hydrogen) atoms. The number of thioether (sulfide) groups is 1. The molecule has 2 saturated heterocycles. The first kappa shape index (κ1) is 22.8. The Labute approximate surface area is 180 Å². The SMILES string of the molecule is C[C@H]1C(S[C@@H]2CNC(CNC=O)C2)=C(C(=O)O)N2C(=O)[C@H]([C@@H](C)CC(=O)CCN)C12. The van der Waals surface area contributed by atoms with Gasteiger partial charge in [0.1, 0.15) is 11.5 Å². The second-order valence-electron chi connectivity index (χ2n) is 8.40. The summed E-state index contributed by atoms with van der Waals surface area (Å²) in [5.74, 6) is -1.84. The van der Waals surface area contributed by atoms with Crippen LogP contribution in [-0.4, -0.2) is 71.0 Å². The van der Waals surface area contributed by atoms with Crippen LogP contribution in [0.4, 0.5) is 0 Å². The molecule has 5 N–H and O–H groups in total. The van der Waals surface area contributed by atoms with E-state index in [1.54, 1.807) is 0 Å². The Morgan fingerprint density at radius 2 is 2.20 bits per heavy atom. The van der Waals surface area contributed by atoms with Gasteiger partial charge in [0, 0.05) is 48.0 Å². The summed E-state index contributed by atoms with van der Waals surface area (Å²) in [4.78, 5) is 49.5. The van der Waals surface area contributed by atoms with Crippen molar-refractivity contribution in [1.29, 1.82) is 0 Å². The average Bonchev–Trinajstić information content (AvgIpc) is 3.22. The summed E-state index contributed by atoms with van der Waals surface area (Å²) in [6.45, 7) is 5.39. The Kier molecular flexibility index (Phi) is 7.20. The van der Waals surface area contributed by atoms with E-state index in [0.717, 1.165) is 11.3 Å². The Bertz CT molecular complexity index is 757. The van der Waals surface area contributed by atoms with Gasteiger partial charge in [-0.2, -0.15) is 0 Å². The smallest absolute Gasteiger partial charge is 0.353 e. The fourth-order valence-electron chi connectivity index (χ4n) is 4.91. The fraction of sp³-hybridized carbons (Fsp3) is 0.700. The predicted molar refractivity (Wildman–Crippen MR) is 112 cm³/mol. The minimum Gasteiger partial charge on any atom is -0.477 e. The standard InChI is InChI=1S/C20H30N4O5S/c1-10(5-13(26)3-4-21)15-16-11(2)18(17(20(28)29)24(16)19(15)27)30-14-6-12(23-8-14)7-22-9-25/h9-12,14-16,23H,3-8,21H2,1-2H3,(H,22,25)(H,28,29)/t10-,11+,12?,14-,15+,16?/m0/s1. The van der Waals surface area contributed by atoms with Crippen molar-refractivity contribution in [2.75, 3.05) is 19.6 Å². The largest absolute Gasteiger partial charge is 0.477 e. The number of carbonyl (C=O) groups is 4. The van der Waals surface area contributed by atoms with Crippen LogP contribution in [0.1, 0.15) is 33.1 Å². The van der Waals surface area contributed by atoms with Crippen LogP contribution in [0.5, 0.6) is 0 Å². The van der Waals surface area contributed by atoms with Crippen LogP contribution < -0.4 is 16.4 Å². The van der Waals surface area contributed by atoms with Gasteiger partial charge in [0.15, 0.2) is 0 Å². The molecule has 0 saturated carbocycles. The molecule has 10 heteroatoms. The van der Waals surface area contributed by atoms with E-state index in [9.17, 15) is 24.3 Å². The summed E-state index contributed by atoms with van der Waals surface area (Å²) in [5, 5.41) is 16.0. The molecule has 6 atom stereocenters. The van der Waals surface area contributed by atoms with E-state index in [1.165, 1.54) is 16.7 Å². The number of fused-ring (bicyclic) bond motifs is 1. The van der Waals surface area contributed by atoms with Gasteiger partial charge >= 0.3 is 5.97 Å². The number of rotatable bonds is 11. The number of aliphatic carboxylic acids is 1. The van der Waals surface area contributed by atoms with E-state index < -0.39 is 5.97 Å². The molecule has 0 radical (unpaired) electrons. The Balaban J connectivity index is 1.71. The summed E-state index contributed by atoms with van der Waals surface area (Å²) in [5.41, 5.74) is 5.54. The molecule has 0 bridgehead atoms. The highest BCUT2D eigenvalue weighted by molar-refractivity contribution is 8.03. The number of β-lactam (4-membered cyclic amide) rings is 1. The van der Waals surface area contributed by atoms with E-state index in [-0.39, 0.29) is 58.9 Å². The number of hydrogen-bond donors (Lipinski definition) is 4. The number of carboxylic acid groups (broad SMARTS) is 1. The van der Waals surface area contributed by atoms with Crippen molar-refractivity contribution in [1.82, 2.24) is 15.5 Å². The van der Waals surface area contributed by atoms with Crippen LogP contribution in [-0.2, 0) is 19.2 Å². The Morgan fingerprint density at radius 1 is 1.47 bits per heavy atom. The summed E-state index contributed by atoms with van der Waals surface area (Å²) in [6.07, 6.45) is 2.06. The van der Waals surface area contributed by atoms with Crippen molar-refractivity contribution in [2.24, 2.45) is 23.5 Å². The molecule has 2 amide bonds. The van der Waals surface area contributed by atoms with Crippen molar-refractivity contribution in [3.8, 4) is 0 Å². The molecular weight excluding hydrogens is 408 g/mol. The van der Waals surface area contributed by atoms with Crippen molar-refractivity contribution in [2.45, 2.75) is 50.4 Å². The first-order chi connectivity index (χ1) is 14.3. The predicted octanol–water partition coefficient (Wildman–Crippen LogP) is -0.0869. The molecule has 0 spiro atoms. The van der Waals surface area contributed by atoms with Crippen LogP contribution in [0.15, 0.2) is 10.6 Å². The van der Waals surface area contributed by atoms with Gasteiger partial charge in [0.25, 0.3) is 0 Å². The Morgan fingerprint density at radius 3 is 2.83 bits per heavy atom.